The number of aliphatic hydroxyl groups excluding tert-OH is 4. The van der Waals surface area contributed by atoms with Crippen LogP contribution in [-0.4, -0.2) is 116 Å². The molecule has 0 heterocycles. The molecule has 0 bridgehead atoms. The summed E-state index contributed by atoms with van der Waals surface area (Å²) >= 11 is 0. The molecule has 0 saturated heterocycles. The van der Waals surface area contributed by atoms with Crippen molar-refractivity contribution in [3.8, 4) is 0 Å². The smallest absolute Gasteiger partial charge is 0.475 e. The summed E-state index contributed by atoms with van der Waals surface area (Å²) in [6.45, 7) is -1.62. The van der Waals surface area contributed by atoms with Gasteiger partial charge in [-0.05, 0) is 0 Å². The molecule has 224 valence electrons. The molecular weight excluding hydrogens is 576 g/mol. The normalized spacial score (nSPS) is 11.5. The first-order valence-corrected chi connectivity index (χ1v) is 7.66. The van der Waals surface area contributed by atoms with Gasteiger partial charge < -0.3 is 40.9 Å². The van der Waals surface area contributed by atoms with Crippen LogP contribution < -0.4 is 0 Å². The fraction of sp³-hybridized carbons (Fsp3) is 0.692. The van der Waals surface area contributed by atoms with Crippen molar-refractivity contribution in [1.29, 1.82) is 0 Å². The Kier molecular flexibility index (Phi) is 21.6. The number of alkyl halides is 12. The maximum Gasteiger partial charge on any atom is 0.490 e. The van der Waals surface area contributed by atoms with Crippen LogP contribution in [0.5, 0.6) is 0 Å². The molecule has 0 aliphatic rings. The van der Waals surface area contributed by atoms with Gasteiger partial charge in [-0.25, -0.2) is 19.2 Å². The predicted molar refractivity (Wildman–Crippen MR) is 85.5 cm³/mol. The Balaban J connectivity index is -0.000000116. The van der Waals surface area contributed by atoms with E-state index in [4.69, 9.17) is 60.0 Å². The quantitative estimate of drug-likeness (QED) is 0.208. The van der Waals surface area contributed by atoms with Crippen LogP contribution in [0.4, 0.5) is 52.7 Å². The van der Waals surface area contributed by atoms with Crippen molar-refractivity contribution in [2.75, 3.05) is 26.4 Å². The van der Waals surface area contributed by atoms with E-state index in [9.17, 15) is 52.7 Å². The van der Waals surface area contributed by atoms with E-state index in [-0.39, 0.29) is 0 Å². The summed E-state index contributed by atoms with van der Waals surface area (Å²) in [5, 5.41) is 62.5. The minimum atomic E-state index is -5.08. The van der Waals surface area contributed by atoms with E-state index >= 15 is 0 Å². The molecule has 24 heteroatoms. The molecule has 8 N–H and O–H groups in total. The number of aliphatic hydroxyl groups is 4. The van der Waals surface area contributed by atoms with Crippen molar-refractivity contribution in [3.63, 3.8) is 0 Å². The molecule has 0 amide bonds. The summed E-state index contributed by atoms with van der Waals surface area (Å²) < 4.78 is 127. The number of halogens is 12. The van der Waals surface area contributed by atoms with Gasteiger partial charge in [-0.15, -0.1) is 0 Å². The molecule has 0 aromatic carbocycles. The standard InChI is InChI=1S/C5H12O4.4C2HF3O2/c6-1-5(2-7,3-8)4-9;4*3-2(4,5)1(6)7/h6-9H,1-4H2;4*(H,6,7). The molecule has 37 heavy (non-hydrogen) atoms. The maximum atomic E-state index is 10.6. The second-order valence-electron chi connectivity index (χ2n) is 5.34. The zero-order chi connectivity index (χ0) is 31.6. The molecule has 0 atom stereocenters. The Bertz CT molecular complexity index is 565. The van der Waals surface area contributed by atoms with Crippen LogP contribution >= 0.6 is 0 Å². The highest BCUT2D eigenvalue weighted by atomic mass is 19.4. The molecule has 0 saturated carbocycles. The van der Waals surface area contributed by atoms with E-state index in [2.05, 4.69) is 0 Å². The van der Waals surface area contributed by atoms with E-state index in [1.807, 2.05) is 0 Å². The summed E-state index contributed by atoms with van der Waals surface area (Å²) in [4.78, 5) is 35.6. The van der Waals surface area contributed by atoms with E-state index in [1.54, 1.807) is 0 Å². The number of hydrogen-bond acceptors (Lipinski definition) is 8. The second kappa shape index (κ2) is 18.2. The summed E-state index contributed by atoms with van der Waals surface area (Å²) in [5.74, 6) is -11.0. The van der Waals surface area contributed by atoms with Gasteiger partial charge in [-0.2, -0.15) is 52.7 Å². The SMILES string of the molecule is O=C(O)C(F)(F)F.O=C(O)C(F)(F)F.O=C(O)C(F)(F)F.O=C(O)C(F)(F)F.OCC(CO)(CO)CO. The Morgan fingerprint density at radius 1 is 0.378 bits per heavy atom. The first-order valence-electron chi connectivity index (χ1n) is 7.66. The molecule has 0 fully saturated rings. The summed E-state index contributed by atoms with van der Waals surface area (Å²) in [6.07, 6.45) is -20.3. The van der Waals surface area contributed by atoms with Crippen LogP contribution in [0.15, 0.2) is 0 Å². The number of carbonyl (C=O) groups is 4. The van der Waals surface area contributed by atoms with Crippen LogP contribution in [0.2, 0.25) is 0 Å². The van der Waals surface area contributed by atoms with E-state index in [1.165, 1.54) is 0 Å². The lowest BCUT2D eigenvalue weighted by Gasteiger charge is -2.23. The highest BCUT2D eigenvalue weighted by Gasteiger charge is 2.40. The van der Waals surface area contributed by atoms with Gasteiger partial charge >= 0.3 is 48.6 Å². The number of carboxylic acid groups (broad SMARTS) is 4. The molecule has 12 nitrogen and oxygen atoms in total. The van der Waals surface area contributed by atoms with Gasteiger partial charge in [-0.3, -0.25) is 0 Å². The van der Waals surface area contributed by atoms with Gasteiger partial charge in [0.15, 0.2) is 0 Å². The molecule has 0 aromatic rings. The fourth-order valence-corrected chi connectivity index (χ4v) is 0.300. The Hall–Kier alpha value is -3.12. The van der Waals surface area contributed by atoms with Crippen molar-refractivity contribution in [1.82, 2.24) is 0 Å². The van der Waals surface area contributed by atoms with Gasteiger partial charge in [0.05, 0.1) is 31.8 Å². The van der Waals surface area contributed by atoms with Gasteiger partial charge in [-0.1, -0.05) is 0 Å². The summed E-state index contributed by atoms with van der Waals surface area (Å²) in [7, 11) is 0. The van der Waals surface area contributed by atoms with Crippen LogP contribution in [0, 0.1) is 5.41 Å². The third-order valence-electron chi connectivity index (χ3n) is 2.31. The number of hydrogen-bond donors (Lipinski definition) is 8. The highest BCUT2D eigenvalue weighted by molar-refractivity contribution is 5.74. The zero-order valence-corrected chi connectivity index (χ0v) is 17.1. The molecule has 0 spiro atoms. The lowest BCUT2D eigenvalue weighted by Crippen LogP contribution is -2.37. The Labute approximate surface area is 194 Å². The number of aliphatic carboxylic acids is 4. The van der Waals surface area contributed by atoms with Gasteiger partial charge in [0.1, 0.15) is 0 Å². The highest BCUT2D eigenvalue weighted by Crippen LogP contribution is 2.15. The fourth-order valence-electron chi connectivity index (χ4n) is 0.300. The Morgan fingerprint density at radius 3 is 0.459 bits per heavy atom. The molecule has 0 aliphatic carbocycles. The van der Waals surface area contributed by atoms with Gasteiger partial charge in [0, 0.05) is 0 Å². The lowest BCUT2D eigenvalue weighted by molar-refractivity contribution is -0.193. The molecular formula is C13H16F12O12. The Morgan fingerprint density at radius 2 is 0.459 bits per heavy atom. The molecule has 0 unspecified atom stereocenters. The van der Waals surface area contributed by atoms with Crippen molar-refractivity contribution in [3.05, 3.63) is 0 Å². The molecule has 0 aliphatic heterocycles. The maximum absolute atomic E-state index is 10.6. The van der Waals surface area contributed by atoms with E-state index in [0.29, 0.717) is 0 Å². The van der Waals surface area contributed by atoms with Crippen LogP contribution in [0.25, 0.3) is 0 Å². The minimum Gasteiger partial charge on any atom is -0.475 e. The van der Waals surface area contributed by atoms with Crippen molar-refractivity contribution in [2.24, 2.45) is 5.41 Å². The van der Waals surface area contributed by atoms with Crippen molar-refractivity contribution in [2.45, 2.75) is 24.7 Å². The van der Waals surface area contributed by atoms with Crippen LogP contribution in [0.3, 0.4) is 0 Å². The van der Waals surface area contributed by atoms with E-state index in [0.717, 1.165) is 0 Å². The average molecular weight is 592 g/mol. The zero-order valence-electron chi connectivity index (χ0n) is 17.1. The predicted octanol–water partition coefficient (Wildman–Crippen LogP) is 0.475. The third-order valence-corrected chi connectivity index (χ3v) is 2.31. The first kappa shape index (κ1) is 43.9. The number of rotatable bonds is 4. The third kappa shape index (κ3) is 29.0. The molecule has 0 radical (unpaired) electrons. The van der Waals surface area contributed by atoms with Crippen LogP contribution in [0.1, 0.15) is 0 Å². The average Bonchev–Trinajstić information content (AvgIpc) is 2.69. The monoisotopic (exact) mass is 592 g/mol. The summed E-state index contributed by atoms with van der Waals surface area (Å²) in [5.41, 5.74) is -1.11. The molecule has 0 aromatic heterocycles. The number of carboxylic acids is 4. The van der Waals surface area contributed by atoms with Crippen LogP contribution in [-0.2, 0) is 19.2 Å². The van der Waals surface area contributed by atoms with Gasteiger partial charge in [0.25, 0.3) is 0 Å². The van der Waals surface area contributed by atoms with E-state index < -0.39 is 80.4 Å². The first-order chi connectivity index (χ1) is 16.0. The largest absolute Gasteiger partial charge is 0.490 e. The topological polar surface area (TPSA) is 230 Å². The van der Waals surface area contributed by atoms with Crippen molar-refractivity contribution < 1.29 is 113 Å². The minimum absolute atomic E-state index is 0.406. The van der Waals surface area contributed by atoms with Crippen molar-refractivity contribution >= 4 is 23.9 Å². The second-order valence-corrected chi connectivity index (χ2v) is 5.34. The molecule has 0 rings (SSSR count). The lowest BCUT2D eigenvalue weighted by atomic mass is 9.93. The van der Waals surface area contributed by atoms with Gasteiger partial charge in [0.2, 0.25) is 0 Å². The summed E-state index contributed by atoms with van der Waals surface area (Å²) in [6, 6.07) is 0.